The molecule has 4 aromatic rings. The van der Waals surface area contributed by atoms with E-state index in [0.717, 1.165) is 13.3 Å². The third-order valence-corrected chi connectivity index (χ3v) is 9.57. The third-order valence-electron chi connectivity index (χ3n) is 9.57. The molecule has 2 fully saturated rings. The Balaban J connectivity index is 1.46. The summed E-state index contributed by atoms with van der Waals surface area (Å²) >= 11 is 0. The summed E-state index contributed by atoms with van der Waals surface area (Å²) in [5.74, 6) is -5.30. The van der Waals surface area contributed by atoms with E-state index >= 15 is 8.78 Å². The first-order valence-electron chi connectivity index (χ1n) is 15.5. The zero-order valence-corrected chi connectivity index (χ0v) is 26.2. The summed E-state index contributed by atoms with van der Waals surface area (Å²) in [4.78, 5) is 24.9. The lowest BCUT2D eigenvalue weighted by molar-refractivity contribution is -0.137. The summed E-state index contributed by atoms with van der Waals surface area (Å²) in [6.45, 7) is 3.21. The molecule has 49 heavy (non-hydrogen) atoms. The maximum Gasteiger partial charge on any atom is 0.417 e. The van der Waals surface area contributed by atoms with Crippen molar-refractivity contribution in [2.45, 2.75) is 57.0 Å². The molecule has 0 radical (unpaired) electrons. The van der Waals surface area contributed by atoms with Crippen molar-refractivity contribution in [3.8, 4) is 23.1 Å². The van der Waals surface area contributed by atoms with Crippen LogP contribution in [0.1, 0.15) is 49.0 Å². The zero-order chi connectivity index (χ0) is 35.0. The smallest absolute Gasteiger partial charge is 0.417 e. The minimum atomic E-state index is -5.34. The van der Waals surface area contributed by atoms with Crippen LogP contribution in [0.4, 0.5) is 48.1 Å². The number of hydrogen-bond donors (Lipinski definition) is 2. The van der Waals surface area contributed by atoms with Crippen LogP contribution in [-0.4, -0.2) is 74.4 Å². The highest BCUT2D eigenvalue weighted by molar-refractivity contribution is 5.97. The van der Waals surface area contributed by atoms with Crippen molar-refractivity contribution in [1.82, 2.24) is 29.8 Å². The highest BCUT2D eigenvalue weighted by Gasteiger charge is 2.49. The van der Waals surface area contributed by atoms with E-state index in [-0.39, 0.29) is 55.8 Å². The van der Waals surface area contributed by atoms with Crippen LogP contribution in [0.25, 0.3) is 22.2 Å². The second-order valence-electron chi connectivity index (χ2n) is 12.5. The number of benzene rings is 1. The van der Waals surface area contributed by atoms with Gasteiger partial charge in [-0.3, -0.25) is 9.88 Å². The highest BCUT2D eigenvalue weighted by Crippen LogP contribution is 2.48. The number of nitrogens with two attached hydrogens (primary N) is 2. The first-order chi connectivity index (χ1) is 23.2. The molecule has 3 atom stereocenters. The predicted octanol–water partition coefficient (Wildman–Crippen LogP) is 5.31. The van der Waals surface area contributed by atoms with Crippen LogP contribution in [0.5, 0.6) is 11.9 Å². The quantitative estimate of drug-likeness (QED) is 0.201. The molecule has 2 saturated heterocycles. The topological polar surface area (TPSA) is 141 Å². The van der Waals surface area contributed by atoms with Crippen LogP contribution < -0.4 is 25.8 Å². The minimum absolute atomic E-state index is 0.00453. The maximum atomic E-state index is 16.8. The molecule has 1 aromatic carbocycles. The summed E-state index contributed by atoms with van der Waals surface area (Å²) in [5.41, 5.74) is 4.03. The Morgan fingerprint density at radius 3 is 2.55 bits per heavy atom. The van der Waals surface area contributed by atoms with Crippen molar-refractivity contribution in [3.63, 3.8) is 0 Å². The monoisotopic (exact) mass is 693 g/mol. The average Bonchev–Trinajstić information content (AvgIpc) is 3.51. The molecule has 260 valence electrons. The van der Waals surface area contributed by atoms with Crippen LogP contribution in [0.15, 0.2) is 12.4 Å². The lowest BCUT2D eigenvalue weighted by Crippen LogP contribution is -2.43. The number of rotatable bonds is 6. The summed E-state index contributed by atoms with van der Waals surface area (Å²) in [7, 11) is 0. The minimum Gasteiger partial charge on any atom is -0.475 e. The van der Waals surface area contributed by atoms with Gasteiger partial charge in [0, 0.05) is 25.4 Å². The average molecular weight is 694 g/mol. The molecular weight excluding hydrogens is 663 g/mol. The van der Waals surface area contributed by atoms with Gasteiger partial charge in [-0.25, -0.2) is 27.5 Å². The van der Waals surface area contributed by atoms with E-state index in [2.05, 4.69) is 24.9 Å². The Bertz CT molecular complexity index is 1980. The van der Waals surface area contributed by atoms with Crippen molar-refractivity contribution in [1.29, 1.82) is 0 Å². The lowest BCUT2D eigenvalue weighted by Gasteiger charge is -2.31. The molecule has 4 N–H and O–H groups in total. The number of aromatic nitrogens is 5. The van der Waals surface area contributed by atoms with Crippen LogP contribution in [0, 0.1) is 24.4 Å². The van der Waals surface area contributed by atoms with E-state index in [1.807, 2.05) is 4.90 Å². The van der Waals surface area contributed by atoms with E-state index in [1.165, 1.54) is 12.4 Å². The Morgan fingerprint density at radius 2 is 1.82 bits per heavy atom. The van der Waals surface area contributed by atoms with Gasteiger partial charge in [0.05, 0.1) is 29.3 Å². The summed E-state index contributed by atoms with van der Waals surface area (Å²) in [5, 5.41) is -0.161. The molecule has 1 unspecified atom stereocenters. The van der Waals surface area contributed by atoms with Crippen LogP contribution in [-0.2, 0) is 6.18 Å². The molecule has 0 bridgehead atoms. The second kappa shape index (κ2) is 11.7. The zero-order valence-electron chi connectivity index (χ0n) is 26.2. The fourth-order valence-electron chi connectivity index (χ4n) is 7.26. The normalized spacial score (nSPS) is 21.5. The number of nitrogens with zero attached hydrogens (tertiary/aromatic N) is 7. The van der Waals surface area contributed by atoms with Crippen molar-refractivity contribution in [3.05, 3.63) is 46.7 Å². The first-order valence-corrected chi connectivity index (χ1v) is 15.5. The van der Waals surface area contributed by atoms with Crippen molar-refractivity contribution in [2.24, 2.45) is 0 Å². The molecule has 6 heterocycles. The largest absolute Gasteiger partial charge is 0.475 e. The number of alkyl halides is 4. The number of nitrogen functional groups attached to an aromatic ring is 2. The molecule has 3 aliphatic rings. The third kappa shape index (κ3) is 5.27. The van der Waals surface area contributed by atoms with E-state index in [4.69, 9.17) is 20.9 Å². The van der Waals surface area contributed by atoms with Crippen LogP contribution in [0.2, 0.25) is 0 Å². The molecule has 18 heteroatoms. The highest BCUT2D eigenvalue weighted by atomic mass is 19.4. The van der Waals surface area contributed by atoms with Crippen LogP contribution in [0.3, 0.4) is 0 Å². The van der Waals surface area contributed by atoms with Crippen molar-refractivity contribution in [2.75, 3.05) is 49.2 Å². The van der Waals surface area contributed by atoms with E-state index in [0.29, 0.717) is 18.7 Å². The van der Waals surface area contributed by atoms with Gasteiger partial charge in [-0.1, -0.05) is 0 Å². The Labute approximate surface area is 274 Å². The van der Waals surface area contributed by atoms with Gasteiger partial charge in [0.25, 0.3) is 0 Å². The maximum absolute atomic E-state index is 16.8. The van der Waals surface area contributed by atoms with Crippen LogP contribution >= 0.6 is 0 Å². The van der Waals surface area contributed by atoms with Gasteiger partial charge in [-0.15, -0.1) is 0 Å². The van der Waals surface area contributed by atoms with Gasteiger partial charge in [-0.2, -0.15) is 23.1 Å². The second-order valence-corrected chi connectivity index (χ2v) is 12.5. The van der Waals surface area contributed by atoms with Gasteiger partial charge in [0.15, 0.2) is 17.5 Å². The number of halogens is 7. The molecule has 0 saturated carbocycles. The standard InChI is InChI=1S/C31H30F7N9O2/c1-13-18(31(36,37)38)16(20(34)22(39)19(13)33)24-21(35)25-17-27(45-29(44-25)49-12-30-4-3-7-46(30)11-15(32)10-30)47(8-9-48-28(17)43-24)14(2)23-26(40)42-6-5-41-23/h5-6,14-15H,3-4,7-12,39H2,1-2H3,(H2,40,42)/t14-,15-,30?/m1/s1. The lowest BCUT2D eigenvalue weighted by atomic mass is 9.95. The summed E-state index contributed by atoms with van der Waals surface area (Å²) in [6, 6.07) is -1.05. The fraction of sp³-hybridized carbons (Fsp3) is 0.452. The van der Waals surface area contributed by atoms with Gasteiger partial charge in [0.1, 0.15) is 59.0 Å². The number of anilines is 3. The van der Waals surface area contributed by atoms with E-state index < -0.39 is 80.8 Å². The SMILES string of the molecule is Cc1c(F)c(N)c(F)c(-c2nc3c4c(nc(OCC56CCCN5C[C@H](F)C6)nc4c2F)N([C@H](C)c2nccnc2N)CCO3)c1C(F)(F)F. The summed E-state index contributed by atoms with van der Waals surface area (Å²) < 4.78 is 117. The first kappa shape index (κ1) is 32.8. The Morgan fingerprint density at radius 1 is 1.06 bits per heavy atom. The molecule has 3 aliphatic heterocycles. The Kier molecular flexibility index (Phi) is 7.83. The van der Waals surface area contributed by atoms with Crippen molar-refractivity contribution < 1.29 is 40.2 Å². The number of fused-ring (bicyclic) bond motifs is 1. The van der Waals surface area contributed by atoms with Gasteiger partial charge in [-0.05, 0) is 38.8 Å². The fourth-order valence-corrected chi connectivity index (χ4v) is 7.26. The molecule has 0 amide bonds. The van der Waals surface area contributed by atoms with E-state index in [9.17, 15) is 22.0 Å². The molecule has 0 spiro atoms. The van der Waals surface area contributed by atoms with Crippen molar-refractivity contribution >= 4 is 28.2 Å². The number of pyridine rings is 1. The molecular formula is C31H30F7N9O2. The van der Waals surface area contributed by atoms with Gasteiger partial charge >= 0.3 is 12.2 Å². The molecule has 0 aliphatic carbocycles. The summed E-state index contributed by atoms with van der Waals surface area (Å²) in [6.07, 6.45) is -1.95. The van der Waals surface area contributed by atoms with Gasteiger partial charge < -0.3 is 25.8 Å². The molecule has 3 aromatic heterocycles. The molecule has 11 nitrogen and oxygen atoms in total. The predicted molar refractivity (Wildman–Crippen MR) is 163 cm³/mol. The van der Waals surface area contributed by atoms with E-state index in [1.54, 1.807) is 11.8 Å². The number of ether oxygens (including phenoxy) is 2. The molecule has 7 rings (SSSR count). The Hall–Kier alpha value is -4.74. The van der Waals surface area contributed by atoms with Gasteiger partial charge in [0.2, 0.25) is 5.88 Å². The number of hydrogen-bond acceptors (Lipinski definition) is 11.